The van der Waals surface area contributed by atoms with Crippen molar-refractivity contribution in [3.63, 3.8) is 0 Å². The molecule has 0 aliphatic heterocycles. The molecule has 0 radical (unpaired) electrons. The van der Waals surface area contributed by atoms with Gasteiger partial charge in [-0.2, -0.15) is 0 Å². The second-order valence-corrected chi connectivity index (χ2v) is 30.4. The highest BCUT2D eigenvalue weighted by Crippen LogP contribution is 2.52. The summed E-state index contributed by atoms with van der Waals surface area (Å²) in [5.74, 6) is 0. The average molecular weight is 1170 g/mol. The van der Waals surface area contributed by atoms with Gasteiger partial charge in [0.05, 0.1) is 0 Å². The van der Waals surface area contributed by atoms with Crippen LogP contribution in [0.15, 0.2) is 114 Å². The molecule has 0 atom stereocenters. The Morgan fingerprint density at radius 1 is 0.316 bits per heavy atom. The molecule has 2 nitrogen and oxygen atoms in total. The molecule has 76 heavy (non-hydrogen) atoms. The molecule has 4 aliphatic rings. The van der Waals surface area contributed by atoms with E-state index in [2.05, 4.69) is 210 Å². The molecule has 1 N–H and O–H groups in total. The quantitative estimate of drug-likeness (QED) is 0.185. The fraction of sp³-hybridized carbons (Fsp3) is 0.478. The van der Waals surface area contributed by atoms with Gasteiger partial charge >= 0.3 is 0 Å². The summed E-state index contributed by atoms with van der Waals surface area (Å²) in [6.07, 6.45) is 9.79. The van der Waals surface area contributed by atoms with Gasteiger partial charge in [-0.1, -0.05) is 205 Å². The number of hydrogen-bond donors (Lipinski definition) is 1. The highest BCUT2D eigenvalue weighted by atomic mass is 79.9. The number of fused-ring (bicyclic) bond motifs is 4. The van der Waals surface area contributed by atoms with Gasteiger partial charge in [0.2, 0.25) is 0 Å². The summed E-state index contributed by atoms with van der Waals surface area (Å²) in [4.78, 5) is 2.34. The van der Waals surface area contributed by atoms with Crippen molar-refractivity contribution in [2.24, 2.45) is 0 Å². The molecular formula is C69H87BrCl4N2. The van der Waals surface area contributed by atoms with E-state index in [0.29, 0.717) is 20.1 Å². The largest absolute Gasteiger partial charge is 0.356 e. The third-order valence-electron chi connectivity index (χ3n) is 18.1. The van der Waals surface area contributed by atoms with Crippen LogP contribution in [0.25, 0.3) is 0 Å². The smallest absolute Gasteiger partial charge is 0.0491 e. The van der Waals surface area contributed by atoms with Crippen molar-refractivity contribution in [2.75, 3.05) is 10.2 Å². The second kappa shape index (κ2) is 21.6. The van der Waals surface area contributed by atoms with Crippen LogP contribution in [0.1, 0.15) is 214 Å². The third kappa shape index (κ3) is 12.6. The van der Waals surface area contributed by atoms with E-state index in [0.717, 1.165) is 21.5 Å². The first-order valence-corrected chi connectivity index (χ1v) is 29.7. The van der Waals surface area contributed by atoms with Crippen LogP contribution in [-0.4, -0.2) is 0 Å². The Labute approximate surface area is 488 Å². The zero-order valence-electron chi connectivity index (χ0n) is 47.9. The first-order chi connectivity index (χ1) is 34.6. The van der Waals surface area contributed by atoms with Crippen LogP contribution in [0.3, 0.4) is 0 Å². The molecule has 0 fully saturated rings. The molecule has 6 aromatic carbocycles. The highest BCUT2D eigenvalue weighted by Gasteiger charge is 2.41. The summed E-state index contributed by atoms with van der Waals surface area (Å²) in [7, 11) is 0. The maximum Gasteiger partial charge on any atom is 0.0491 e. The van der Waals surface area contributed by atoms with Gasteiger partial charge in [-0.15, -0.1) is 0 Å². The van der Waals surface area contributed by atoms with E-state index in [9.17, 15) is 0 Å². The fourth-order valence-electron chi connectivity index (χ4n) is 12.6. The van der Waals surface area contributed by atoms with Gasteiger partial charge in [-0.25, -0.2) is 0 Å². The Morgan fingerprint density at radius 2 is 0.566 bits per heavy atom. The van der Waals surface area contributed by atoms with Crippen molar-refractivity contribution in [3.8, 4) is 0 Å². The molecule has 0 bridgehead atoms. The van der Waals surface area contributed by atoms with Crippen LogP contribution in [0.5, 0.6) is 0 Å². The maximum atomic E-state index is 6.55. The first kappa shape index (κ1) is 60.2. The molecule has 0 heterocycles. The van der Waals surface area contributed by atoms with E-state index < -0.39 is 0 Å². The van der Waals surface area contributed by atoms with Gasteiger partial charge < -0.3 is 10.2 Å². The molecule has 0 amide bonds. The zero-order valence-corrected chi connectivity index (χ0v) is 52.5. The van der Waals surface area contributed by atoms with Crippen molar-refractivity contribution in [3.05, 3.63) is 178 Å². The van der Waals surface area contributed by atoms with E-state index in [1.165, 1.54) is 107 Å². The van der Waals surface area contributed by atoms with Gasteiger partial charge in [0.25, 0.3) is 0 Å². The number of nitrogens with one attached hydrogen (secondary N) is 1. The molecule has 408 valence electrons. The van der Waals surface area contributed by atoms with Crippen LogP contribution < -0.4 is 10.2 Å². The fourth-order valence-corrected chi connectivity index (χ4v) is 14.4. The normalized spacial score (nSPS) is 20.0. The van der Waals surface area contributed by atoms with Crippen LogP contribution >= 0.6 is 62.3 Å². The van der Waals surface area contributed by atoms with Crippen molar-refractivity contribution < 1.29 is 0 Å². The summed E-state index contributed by atoms with van der Waals surface area (Å²) >= 11 is 27.6. The summed E-state index contributed by atoms with van der Waals surface area (Å²) in [5, 5.41) is 6.32. The number of rotatable bonds is 5. The summed E-state index contributed by atoms with van der Waals surface area (Å²) in [6, 6.07) is 39.3. The monoisotopic (exact) mass is 1160 g/mol. The first-order valence-electron chi connectivity index (χ1n) is 27.4. The Balaban J connectivity index is 0.000000191. The van der Waals surface area contributed by atoms with Crippen LogP contribution in [0.4, 0.5) is 28.4 Å². The topological polar surface area (TPSA) is 15.3 Å². The van der Waals surface area contributed by atoms with Crippen LogP contribution in [0, 0.1) is 0 Å². The summed E-state index contributed by atoms with van der Waals surface area (Å²) in [5.41, 5.74) is 19.2. The molecule has 0 unspecified atom stereocenters. The minimum absolute atomic E-state index is 0. The highest BCUT2D eigenvalue weighted by molar-refractivity contribution is 9.10. The zero-order chi connectivity index (χ0) is 55.1. The van der Waals surface area contributed by atoms with Crippen LogP contribution in [0.2, 0.25) is 20.1 Å². The predicted molar refractivity (Wildman–Crippen MR) is 339 cm³/mol. The van der Waals surface area contributed by atoms with Gasteiger partial charge in [0, 0.05) is 53.0 Å². The molecule has 4 aliphatic carbocycles. The molecule has 0 aromatic heterocycles. The van der Waals surface area contributed by atoms with Crippen molar-refractivity contribution in [1.29, 1.82) is 0 Å². The minimum Gasteiger partial charge on any atom is -0.356 e. The van der Waals surface area contributed by atoms with E-state index in [4.69, 9.17) is 46.4 Å². The SMILES string of the molecule is C.CC1(C)CCC(C)(C)c2cc(N(c3cc(Cl)cc(Cl)c3)c3ccc4c(c3)C(C)(C)CCC4(C)C)ccc21.CC1(C)CCC(C)(C)c2cc(Nc3ccc4c(c3)C(C)(C)CCC4(C)C)ccc21.Clc1cc(Cl)cc(Br)c1. The Hall–Kier alpha value is -3.44. The summed E-state index contributed by atoms with van der Waals surface area (Å²) in [6.45, 7) is 38.2. The molecule has 7 heteroatoms. The lowest BCUT2D eigenvalue weighted by molar-refractivity contribution is 0.332. The van der Waals surface area contributed by atoms with Gasteiger partial charge in [0.1, 0.15) is 0 Å². The second-order valence-electron chi connectivity index (χ2n) is 27.7. The van der Waals surface area contributed by atoms with Gasteiger partial charge in [-0.3, -0.25) is 0 Å². The molecule has 0 spiro atoms. The number of hydrogen-bond acceptors (Lipinski definition) is 2. The third-order valence-corrected chi connectivity index (χ3v) is 19.4. The summed E-state index contributed by atoms with van der Waals surface area (Å²) < 4.78 is 0.903. The Bertz CT molecular complexity index is 2890. The molecule has 10 rings (SSSR count). The van der Waals surface area contributed by atoms with E-state index in [-0.39, 0.29) is 50.7 Å². The Kier molecular flexibility index (Phi) is 17.1. The number of benzene rings is 6. The molecule has 0 saturated heterocycles. The Morgan fingerprint density at radius 3 is 0.855 bits per heavy atom. The average Bonchev–Trinajstić information content (AvgIpc) is 3.30. The van der Waals surface area contributed by atoms with Crippen molar-refractivity contribution in [1.82, 2.24) is 0 Å². The number of anilines is 5. The van der Waals surface area contributed by atoms with Gasteiger partial charge in [-0.05, 0) is 224 Å². The predicted octanol–water partition coefficient (Wildman–Crippen LogP) is 23.7. The lowest BCUT2D eigenvalue weighted by atomic mass is 9.63. The standard InChI is InChI=1S/C34H41Cl2N.C28H39N.C6H3BrCl2.CH4/c1-31(2)13-15-33(5,6)29-20-24(9-11-27(29)31)37(26-18-22(35)17-23(36)19-26)25-10-12-28-30(21-25)34(7,8)16-14-32(28,3)4;1-25(2)13-15-27(5,6)23-17-19(9-11-21(23)25)29-20-10-12-22-24(18-20)28(7,8)16-14-26(22,3)4;7-4-1-5(8)3-6(9)2-4;/h9-12,17-21H,13-16H2,1-8H3;9-12,17-18,29H,13-16H2,1-8H3;1-3H;1H4. The number of nitrogens with zero attached hydrogens (tertiary/aromatic N) is 1. The van der Waals surface area contributed by atoms with E-state index in [1.807, 2.05) is 18.2 Å². The number of halogens is 5. The molecule has 6 aromatic rings. The van der Waals surface area contributed by atoms with Crippen LogP contribution in [-0.2, 0) is 43.3 Å². The van der Waals surface area contributed by atoms with Gasteiger partial charge in [0.15, 0.2) is 0 Å². The molecule has 0 saturated carbocycles. The lowest BCUT2D eigenvalue weighted by Crippen LogP contribution is -2.34. The van der Waals surface area contributed by atoms with Crippen molar-refractivity contribution in [2.45, 2.75) is 213 Å². The van der Waals surface area contributed by atoms with E-state index >= 15 is 0 Å². The molecular weight excluding hydrogens is 1080 g/mol. The maximum absolute atomic E-state index is 6.55. The lowest BCUT2D eigenvalue weighted by Gasteiger charge is -2.43. The van der Waals surface area contributed by atoms with E-state index in [1.54, 1.807) is 18.2 Å². The van der Waals surface area contributed by atoms with Crippen molar-refractivity contribution >= 4 is 90.8 Å². The minimum atomic E-state index is 0.